The van der Waals surface area contributed by atoms with E-state index in [1.165, 1.54) is 0 Å². The van der Waals surface area contributed by atoms with Crippen LogP contribution in [0.1, 0.15) is 11.3 Å². The van der Waals surface area contributed by atoms with Crippen molar-refractivity contribution in [2.75, 3.05) is 20.3 Å². The van der Waals surface area contributed by atoms with Crippen molar-refractivity contribution < 1.29 is 9.84 Å². The summed E-state index contributed by atoms with van der Waals surface area (Å²) < 4.78 is 5.37. The van der Waals surface area contributed by atoms with E-state index in [2.05, 4.69) is 9.88 Å². The molecule has 0 aliphatic rings. The minimum Gasteiger partial charge on any atom is -0.496 e. The highest BCUT2D eigenvalue weighted by molar-refractivity contribution is 5.33. The van der Waals surface area contributed by atoms with Crippen molar-refractivity contribution in [3.05, 3.63) is 59.9 Å². The normalized spacial score (nSPS) is 10.8. The van der Waals surface area contributed by atoms with Gasteiger partial charge in [-0.3, -0.25) is 9.88 Å². The first-order valence-corrected chi connectivity index (χ1v) is 6.68. The summed E-state index contributed by atoms with van der Waals surface area (Å²) in [4.78, 5) is 6.48. The predicted octanol–water partition coefficient (Wildman–Crippen LogP) is 2.08. The highest BCUT2D eigenvalue weighted by atomic mass is 16.5. The average molecular weight is 272 g/mol. The number of nitrogens with zero attached hydrogens (tertiary/aromatic N) is 2. The van der Waals surface area contributed by atoms with Gasteiger partial charge in [-0.2, -0.15) is 0 Å². The van der Waals surface area contributed by atoms with Gasteiger partial charge in [0.05, 0.1) is 19.4 Å². The van der Waals surface area contributed by atoms with Gasteiger partial charge in [0.15, 0.2) is 0 Å². The number of aliphatic hydroxyl groups excluding tert-OH is 1. The molecular weight excluding hydrogens is 252 g/mol. The number of rotatable bonds is 7. The van der Waals surface area contributed by atoms with Gasteiger partial charge in [-0.25, -0.2) is 0 Å². The van der Waals surface area contributed by atoms with Crippen LogP contribution in [-0.4, -0.2) is 35.3 Å². The van der Waals surface area contributed by atoms with Crippen LogP contribution in [0, 0.1) is 0 Å². The third kappa shape index (κ3) is 4.05. The summed E-state index contributed by atoms with van der Waals surface area (Å²) in [6.07, 6.45) is 1.79. The van der Waals surface area contributed by atoms with Gasteiger partial charge >= 0.3 is 0 Å². The zero-order chi connectivity index (χ0) is 14.2. The first-order chi connectivity index (χ1) is 9.83. The van der Waals surface area contributed by atoms with E-state index in [0.717, 1.165) is 23.6 Å². The van der Waals surface area contributed by atoms with E-state index in [1.807, 2.05) is 42.5 Å². The van der Waals surface area contributed by atoms with Crippen LogP contribution in [-0.2, 0) is 13.1 Å². The molecule has 1 N–H and O–H groups in total. The Morgan fingerprint density at radius 3 is 2.60 bits per heavy atom. The molecule has 2 aromatic rings. The van der Waals surface area contributed by atoms with Gasteiger partial charge in [0.1, 0.15) is 5.75 Å². The number of aromatic nitrogens is 1. The Labute approximate surface area is 119 Å². The molecule has 106 valence electrons. The molecular formula is C16H20N2O2. The Kier molecular flexibility index (Phi) is 5.53. The maximum Gasteiger partial charge on any atom is 0.123 e. The summed E-state index contributed by atoms with van der Waals surface area (Å²) in [5, 5.41) is 9.23. The molecule has 4 heteroatoms. The van der Waals surface area contributed by atoms with Crippen LogP contribution >= 0.6 is 0 Å². The minimum absolute atomic E-state index is 0.127. The lowest BCUT2D eigenvalue weighted by Gasteiger charge is -2.22. The Balaban J connectivity index is 2.09. The monoisotopic (exact) mass is 272 g/mol. The Bertz CT molecular complexity index is 517. The lowest BCUT2D eigenvalue weighted by Crippen LogP contribution is -2.26. The van der Waals surface area contributed by atoms with E-state index in [4.69, 9.17) is 4.74 Å². The first-order valence-electron chi connectivity index (χ1n) is 6.68. The maximum atomic E-state index is 9.23. The first kappa shape index (κ1) is 14.5. The molecule has 0 bridgehead atoms. The molecule has 0 saturated heterocycles. The molecule has 1 aromatic carbocycles. The standard InChI is InChI=1S/C16H20N2O2/c1-20-16-8-3-2-6-14(16)12-18(10-11-19)13-15-7-4-5-9-17-15/h2-9,19H,10-13H2,1H3. The van der Waals surface area contributed by atoms with Gasteiger partial charge in [0, 0.05) is 31.4 Å². The van der Waals surface area contributed by atoms with Gasteiger partial charge in [-0.15, -0.1) is 0 Å². The van der Waals surface area contributed by atoms with Crippen molar-refractivity contribution in [3.8, 4) is 5.75 Å². The summed E-state index contributed by atoms with van der Waals surface area (Å²) in [5.41, 5.74) is 2.11. The van der Waals surface area contributed by atoms with E-state index < -0.39 is 0 Å². The average Bonchev–Trinajstić information content (AvgIpc) is 2.49. The molecule has 1 heterocycles. The number of hydrogen-bond donors (Lipinski definition) is 1. The van der Waals surface area contributed by atoms with Gasteiger partial charge in [-0.1, -0.05) is 24.3 Å². The summed E-state index contributed by atoms with van der Waals surface area (Å²) >= 11 is 0. The maximum absolute atomic E-state index is 9.23. The molecule has 0 amide bonds. The van der Waals surface area contributed by atoms with Gasteiger partial charge in [-0.05, 0) is 18.2 Å². The third-order valence-corrected chi connectivity index (χ3v) is 3.11. The summed E-state index contributed by atoms with van der Waals surface area (Å²) in [6, 6.07) is 13.8. The highest BCUT2D eigenvalue weighted by Gasteiger charge is 2.10. The highest BCUT2D eigenvalue weighted by Crippen LogP contribution is 2.19. The molecule has 2 rings (SSSR count). The molecule has 0 aliphatic heterocycles. The van der Waals surface area contributed by atoms with Gasteiger partial charge in [0.2, 0.25) is 0 Å². The molecule has 20 heavy (non-hydrogen) atoms. The van der Waals surface area contributed by atoms with Crippen LogP contribution in [0.5, 0.6) is 5.75 Å². The van der Waals surface area contributed by atoms with Crippen LogP contribution in [0.25, 0.3) is 0 Å². The largest absolute Gasteiger partial charge is 0.496 e. The molecule has 0 aliphatic carbocycles. The van der Waals surface area contributed by atoms with E-state index >= 15 is 0 Å². The zero-order valence-electron chi connectivity index (χ0n) is 11.7. The molecule has 0 radical (unpaired) electrons. The van der Waals surface area contributed by atoms with E-state index in [9.17, 15) is 5.11 Å². The Hall–Kier alpha value is -1.91. The van der Waals surface area contributed by atoms with Crippen molar-refractivity contribution in [2.45, 2.75) is 13.1 Å². The van der Waals surface area contributed by atoms with E-state index in [-0.39, 0.29) is 6.61 Å². The molecule has 4 nitrogen and oxygen atoms in total. The van der Waals surface area contributed by atoms with Crippen LogP contribution in [0.4, 0.5) is 0 Å². The fourth-order valence-corrected chi connectivity index (χ4v) is 2.15. The fraction of sp³-hybridized carbons (Fsp3) is 0.312. The lowest BCUT2D eigenvalue weighted by molar-refractivity contribution is 0.181. The summed E-state index contributed by atoms with van der Waals surface area (Å²) in [5.74, 6) is 0.872. The number of benzene rings is 1. The number of hydrogen-bond acceptors (Lipinski definition) is 4. The summed E-state index contributed by atoms with van der Waals surface area (Å²) in [6.45, 7) is 2.16. The van der Waals surface area contributed by atoms with Crippen LogP contribution < -0.4 is 4.74 Å². The second-order valence-corrected chi connectivity index (χ2v) is 4.57. The van der Waals surface area contributed by atoms with Crippen LogP contribution in [0.3, 0.4) is 0 Å². The number of aliphatic hydroxyl groups is 1. The van der Waals surface area contributed by atoms with E-state index in [1.54, 1.807) is 13.3 Å². The van der Waals surface area contributed by atoms with Crippen molar-refractivity contribution in [2.24, 2.45) is 0 Å². The molecule has 0 spiro atoms. The second-order valence-electron chi connectivity index (χ2n) is 4.57. The quantitative estimate of drug-likeness (QED) is 0.838. The van der Waals surface area contributed by atoms with Crippen LogP contribution in [0.15, 0.2) is 48.7 Å². The van der Waals surface area contributed by atoms with Crippen LogP contribution in [0.2, 0.25) is 0 Å². The molecule has 0 saturated carbocycles. The SMILES string of the molecule is COc1ccccc1CN(CCO)Cc1ccccn1. The molecule has 0 fully saturated rings. The smallest absolute Gasteiger partial charge is 0.123 e. The number of ether oxygens (including phenoxy) is 1. The van der Waals surface area contributed by atoms with Gasteiger partial charge in [0.25, 0.3) is 0 Å². The molecule has 1 aromatic heterocycles. The number of methoxy groups -OCH3 is 1. The van der Waals surface area contributed by atoms with Gasteiger partial charge < -0.3 is 9.84 Å². The fourth-order valence-electron chi connectivity index (χ4n) is 2.15. The predicted molar refractivity (Wildman–Crippen MR) is 78.4 cm³/mol. The topological polar surface area (TPSA) is 45.6 Å². The van der Waals surface area contributed by atoms with Crippen molar-refractivity contribution in [3.63, 3.8) is 0 Å². The minimum atomic E-state index is 0.127. The lowest BCUT2D eigenvalue weighted by atomic mass is 10.2. The molecule has 0 atom stereocenters. The van der Waals surface area contributed by atoms with Crippen molar-refractivity contribution in [1.82, 2.24) is 9.88 Å². The number of pyridine rings is 1. The molecule has 0 unspecified atom stereocenters. The van der Waals surface area contributed by atoms with E-state index in [0.29, 0.717) is 13.1 Å². The van der Waals surface area contributed by atoms with Crippen molar-refractivity contribution >= 4 is 0 Å². The zero-order valence-corrected chi connectivity index (χ0v) is 11.7. The number of para-hydroxylation sites is 1. The summed E-state index contributed by atoms with van der Waals surface area (Å²) in [7, 11) is 1.67. The third-order valence-electron chi connectivity index (χ3n) is 3.11. The van der Waals surface area contributed by atoms with Crippen molar-refractivity contribution in [1.29, 1.82) is 0 Å². The Morgan fingerprint density at radius 2 is 1.90 bits per heavy atom. The second kappa shape index (κ2) is 7.62. The Morgan fingerprint density at radius 1 is 1.10 bits per heavy atom.